The lowest BCUT2D eigenvalue weighted by atomic mass is 10.0. The number of halogens is 3. The summed E-state index contributed by atoms with van der Waals surface area (Å²) in [5, 5.41) is 10.2. The normalized spacial score (nSPS) is 25.7. The third-order valence-electron chi connectivity index (χ3n) is 4.10. The van der Waals surface area contributed by atoms with Gasteiger partial charge in [-0.25, -0.2) is 4.99 Å². The van der Waals surface area contributed by atoms with Gasteiger partial charge in [0.25, 0.3) is 15.8 Å². The van der Waals surface area contributed by atoms with Crippen LogP contribution >= 0.6 is 0 Å². The standard InChI is InChI=1S/C16H15F3N2O4S/c1-11-6-5-9-21-13(15(22,16(17,18)19)20-14(11)21)10-25-26(23,24)12-7-3-2-4-8-12/h2-9,13,22H,10H2,1H3/t13-,15-/m0/s1. The lowest BCUT2D eigenvalue weighted by Gasteiger charge is -2.33. The van der Waals surface area contributed by atoms with Crippen molar-refractivity contribution >= 4 is 16.0 Å². The molecule has 1 aromatic rings. The Hall–Kier alpha value is -2.17. The number of hydrogen-bond donors (Lipinski definition) is 1. The molecule has 0 bridgehead atoms. The van der Waals surface area contributed by atoms with E-state index >= 15 is 0 Å². The van der Waals surface area contributed by atoms with Crippen LogP contribution in [0.25, 0.3) is 0 Å². The number of allylic oxidation sites excluding steroid dienone is 2. The molecule has 0 unspecified atom stereocenters. The fourth-order valence-corrected chi connectivity index (χ4v) is 3.65. The van der Waals surface area contributed by atoms with Gasteiger partial charge in [0, 0.05) is 6.20 Å². The summed E-state index contributed by atoms with van der Waals surface area (Å²) in [6.45, 7) is 0.605. The zero-order valence-corrected chi connectivity index (χ0v) is 14.3. The van der Waals surface area contributed by atoms with Crippen LogP contribution in [0.4, 0.5) is 13.2 Å². The Labute approximate surface area is 148 Å². The molecule has 6 nitrogen and oxygen atoms in total. The summed E-state index contributed by atoms with van der Waals surface area (Å²) >= 11 is 0. The molecule has 0 radical (unpaired) electrons. The number of nitrogens with zero attached hydrogens (tertiary/aromatic N) is 2. The van der Waals surface area contributed by atoms with Gasteiger partial charge < -0.3 is 10.0 Å². The molecule has 2 atom stereocenters. The third kappa shape index (κ3) is 3.04. The summed E-state index contributed by atoms with van der Waals surface area (Å²) in [5.74, 6) is -0.0852. The zero-order valence-electron chi connectivity index (χ0n) is 13.5. The van der Waals surface area contributed by atoms with E-state index in [9.17, 15) is 26.7 Å². The fourth-order valence-electron chi connectivity index (χ4n) is 2.71. The molecule has 0 aromatic heterocycles. The lowest BCUT2D eigenvalue weighted by Crippen LogP contribution is -2.56. The van der Waals surface area contributed by atoms with Crippen LogP contribution in [0.15, 0.2) is 64.1 Å². The molecule has 1 N–H and O–H groups in total. The highest BCUT2D eigenvalue weighted by Crippen LogP contribution is 2.42. The van der Waals surface area contributed by atoms with Gasteiger partial charge in [0.1, 0.15) is 11.9 Å². The predicted molar refractivity (Wildman–Crippen MR) is 86.5 cm³/mol. The topological polar surface area (TPSA) is 79.2 Å². The van der Waals surface area contributed by atoms with Crippen molar-refractivity contribution in [2.24, 2.45) is 4.99 Å². The summed E-state index contributed by atoms with van der Waals surface area (Å²) in [6.07, 6.45) is -0.806. The largest absolute Gasteiger partial charge is 0.440 e. The smallest absolute Gasteiger partial charge is 0.360 e. The van der Waals surface area contributed by atoms with E-state index in [2.05, 4.69) is 4.99 Å². The lowest BCUT2D eigenvalue weighted by molar-refractivity contribution is -0.268. The average molecular weight is 388 g/mol. The van der Waals surface area contributed by atoms with Crippen molar-refractivity contribution in [3.05, 3.63) is 54.3 Å². The van der Waals surface area contributed by atoms with Crippen LogP contribution in [0.5, 0.6) is 0 Å². The molecule has 0 fully saturated rings. The van der Waals surface area contributed by atoms with E-state index in [4.69, 9.17) is 4.18 Å². The number of aliphatic imine (C=N–C) groups is 1. The van der Waals surface area contributed by atoms with Gasteiger partial charge in [0.2, 0.25) is 0 Å². The van der Waals surface area contributed by atoms with Crippen molar-refractivity contribution < 1.29 is 30.9 Å². The molecule has 140 valence electrons. The number of alkyl halides is 3. The van der Waals surface area contributed by atoms with Crippen molar-refractivity contribution in [1.82, 2.24) is 4.90 Å². The summed E-state index contributed by atoms with van der Waals surface area (Å²) < 4.78 is 69.6. The molecule has 2 aliphatic heterocycles. The van der Waals surface area contributed by atoms with Gasteiger partial charge in [-0.3, -0.25) is 4.18 Å². The van der Waals surface area contributed by atoms with E-state index < -0.39 is 34.7 Å². The van der Waals surface area contributed by atoms with Crippen LogP contribution in [-0.2, 0) is 14.3 Å². The first kappa shape index (κ1) is 18.6. The maximum atomic E-state index is 13.5. The second kappa shape index (κ2) is 6.22. The fraction of sp³-hybridized carbons (Fsp3) is 0.312. The molecule has 0 amide bonds. The summed E-state index contributed by atoms with van der Waals surface area (Å²) in [4.78, 5) is 4.31. The Morgan fingerprint density at radius 1 is 1.31 bits per heavy atom. The maximum absolute atomic E-state index is 13.5. The average Bonchev–Trinajstić information content (AvgIpc) is 2.88. The van der Waals surface area contributed by atoms with E-state index in [0.29, 0.717) is 5.57 Å². The molecule has 0 spiro atoms. The van der Waals surface area contributed by atoms with Gasteiger partial charge in [-0.05, 0) is 30.7 Å². The van der Waals surface area contributed by atoms with Gasteiger partial charge >= 0.3 is 6.18 Å². The first-order valence-electron chi connectivity index (χ1n) is 7.53. The molecule has 0 saturated heterocycles. The summed E-state index contributed by atoms with van der Waals surface area (Å²) in [6, 6.07) is 5.24. The number of hydrogen-bond acceptors (Lipinski definition) is 6. The van der Waals surface area contributed by atoms with Gasteiger partial charge in [-0.1, -0.05) is 24.3 Å². The van der Waals surface area contributed by atoms with Crippen molar-refractivity contribution in [3.63, 3.8) is 0 Å². The Morgan fingerprint density at radius 2 is 1.96 bits per heavy atom. The van der Waals surface area contributed by atoms with Gasteiger partial charge in [-0.2, -0.15) is 21.6 Å². The van der Waals surface area contributed by atoms with E-state index in [0.717, 1.165) is 4.90 Å². The predicted octanol–water partition coefficient (Wildman–Crippen LogP) is 2.20. The number of rotatable bonds is 4. The monoisotopic (exact) mass is 388 g/mol. The minimum atomic E-state index is -5.12. The Bertz CT molecular complexity index is 894. The van der Waals surface area contributed by atoms with Gasteiger partial charge in [0.05, 0.1) is 11.5 Å². The summed E-state index contributed by atoms with van der Waals surface area (Å²) in [7, 11) is -4.29. The highest BCUT2D eigenvalue weighted by atomic mass is 32.2. The molecule has 0 saturated carbocycles. The van der Waals surface area contributed by atoms with Crippen molar-refractivity contribution in [2.75, 3.05) is 6.61 Å². The van der Waals surface area contributed by atoms with Crippen LogP contribution < -0.4 is 0 Å². The van der Waals surface area contributed by atoms with Crippen LogP contribution in [0.3, 0.4) is 0 Å². The highest BCUT2D eigenvalue weighted by Gasteiger charge is 2.65. The zero-order chi connectivity index (χ0) is 19.2. The van der Waals surface area contributed by atoms with E-state index in [1.54, 1.807) is 6.07 Å². The molecule has 10 heteroatoms. The van der Waals surface area contributed by atoms with Crippen LogP contribution in [0, 0.1) is 0 Å². The quantitative estimate of drug-likeness (QED) is 0.800. The number of benzene rings is 1. The minimum absolute atomic E-state index is 0.0852. The number of fused-ring (bicyclic) bond motifs is 1. The number of aliphatic hydroxyl groups is 1. The molecular formula is C16H15F3N2O4S. The SMILES string of the molecule is CC1=CC=CN2C1=N[C@@](O)(C(F)(F)F)[C@@H]2COS(=O)(=O)c1ccccc1. The third-order valence-corrected chi connectivity index (χ3v) is 5.39. The second-order valence-electron chi connectivity index (χ2n) is 5.83. The molecule has 26 heavy (non-hydrogen) atoms. The Balaban J connectivity index is 1.91. The first-order valence-corrected chi connectivity index (χ1v) is 8.94. The van der Waals surface area contributed by atoms with E-state index in [1.807, 2.05) is 0 Å². The minimum Gasteiger partial charge on any atom is -0.360 e. The highest BCUT2D eigenvalue weighted by molar-refractivity contribution is 7.86. The van der Waals surface area contributed by atoms with Crippen LogP contribution in [0.2, 0.25) is 0 Å². The van der Waals surface area contributed by atoms with E-state index in [1.165, 1.54) is 49.5 Å². The molecule has 1 aromatic carbocycles. The van der Waals surface area contributed by atoms with Gasteiger partial charge in [0.15, 0.2) is 0 Å². The Morgan fingerprint density at radius 3 is 2.58 bits per heavy atom. The van der Waals surface area contributed by atoms with Crippen LogP contribution in [0.1, 0.15) is 6.92 Å². The van der Waals surface area contributed by atoms with Crippen LogP contribution in [-0.4, -0.2) is 48.8 Å². The molecule has 2 aliphatic rings. The first-order chi connectivity index (χ1) is 12.1. The molecular weight excluding hydrogens is 373 g/mol. The molecule has 3 rings (SSSR count). The summed E-state index contributed by atoms with van der Waals surface area (Å²) in [5.41, 5.74) is -3.08. The molecule has 0 aliphatic carbocycles. The Kier molecular flexibility index (Phi) is 4.45. The van der Waals surface area contributed by atoms with Gasteiger partial charge in [-0.15, -0.1) is 0 Å². The number of amidine groups is 1. The van der Waals surface area contributed by atoms with Crippen molar-refractivity contribution in [1.29, 1.82) is 0 Å². The molecule has 2 heterocycles. The van der Waals surface area contributed by atoms with E-state index in [-0.39, 0.29) is 10.7 Å². The second-order valence-corrected chi connectivity index (χ2v) is 7.44. The van der Waals surface area contributed by atoms with Crippen molar-refractivity contribution in [2.45, 2.75) is 29.8 Å². The van der Waals surface area contributed by atoms with Crippen molar-refractivity contribution in [3.8, 4) is 0 Å². The maximum Gasteiger partial charge on any atom is 0.440 e.